The molecule has 0 aromatic heterocycles. The van der Waals surface area contributed by atoms with Gasteiger partial charge in [-0.25, -0.2) is 0 Å². The first-order valence-corrected chi connectivity index (χ1v) is 11.4. The quantitative estimate of drug-likeness (QED) is 0.272. The zero-order valence-electron chi connectivity index (χ0n) is 17.5. The standard InChI is InChI=1S/C28H25O2P/c1-21-10-8-16-25(19-29)28(21)31-26-17-9-15-24(18-22-11-4-2-5-12-22)27(26)30-20-23-13-6-3-7-14-23/h2-17,19,31H,18,20H2,1H3. The van der Waals surface area contributed by atoms with Gasteiger partial charge in [0.05, 0.1) is 0 Å². The van der Waals surface area contributed by atoms with Crippen LogP contribution in [0.5, 0.6) is 5.75 Å². The molecule has 4 aromatic carbocycles. The Kier molecular flexibility index (Phi) is 6.92. The molecule has 0 aliphatic carbocycles. The van der Waals surface area contributed by atoms with E-state index in [-0.39, 0.29) is 0 Å². The monoisotopic (exact) mass is 424 g/mol. The van der Waals surface area contributed by atoms with Gasteiger partial charge in [0.15, 0.2) is 6.29 Å². The van der Waals surface area contributed by atoms with Gasteiger partial charge >= 0.3 is 0 Å². The van der Waals surface area contributed by atoms with Crippen molar-refractivity contribution >= 4 is 25.5 Å². The highest BCUT2D eigenvalue weighted by molar-refractivity contribution is 7.56. The first-order valence-electron chi connectivity index (χ1n) is 10.4. The summed E-state index contributed by atoms with van der Waals surface area (Å²) < 4.78 is 6.43. The molecule has 0 fully saturated rings. The van der Waals surface area contributed by atoms with Crippen LogP contribution in [-0.4, -0.2) is 6.29 Å². The minimum atomic E-state index is 0.348. The predicted octanol–water partition coefficient (Wildman–Crippen LogP) is 5.61. The molecule has 1 atom stereocenters. The lowest BCUT2D eigenvalue weighted by atomic mass is 10.0. The number of hydrogen-bond donors (Lipinski definition) is 0. The number of para-hydroxylation sites is 1. The molecule has 0 amide bonds. The van der Waals surface area contributed by atoms with Gasteiger partial charge in [0.1, 0.15) is 12.4 Å². The second kappa shape index (κ2) is 10.2. The first kappa shape index (κ1) is 21.0. The number of ether oxygens (including phenoxy) is 1. The molecule has 31 heavy (non-hydrogen) atoms. The molecule has 154 valence electrons. The summed E-state index contributed by atoms with van der Waals surface area (Å²) in [6.45, 7) is 2.58. The SMILES string of the molecule is Cc1cccc(C=O)c1Pc1cccc(Cc2ccccc2)c1OCc1ccccc1. The van der Waals surface area contributed by atoms with Crippen LogP contribution in [0.3, 0.4) is 0 Å². The van der Waals surface area contributed by atoms with Crippen molar-refractivity contribution in [2.45, 2.75) is 20.0 Å². The van der Waals surface area contributed by atoms with E-state index in [1.165, 1.54) is 5.56 Å². The Bertz CT molecular complexity index is 1150. The van der Waals surface area contributed by atoms with Crippen LogP contribution in [0.4, 0.5) is 0 Å². The fraction of sp³-hybridized carbons (Fsp3) is 0.107. The zero-order valence-corrected chi connectivity index (χ0v) is 18.5. The fourth-order valence-electron chi connectivity index (χ4n) is 3.63. The highest BCUT2D eigenvalue weighted by Crippen LogP contribution is 2.28. The summed E-state index contributed by atoms with van der Waals surface area (Å²) in [4.78, 5) is 11.6. The summed E-state index contributed by atoms with van der Waals surface area (Å²) in [5.41, 5.74) is 5.42. The van der Waals surface area contributed by atoms with Gasteiger partial charge in [-0.1, -0.05) is 106 Å². The number of hydrogen-bond acceptors (Lipinski definition) is 2. The second-order valence-corrected chi connectivity index (χ2v) is 8.80. The molecule has 0 radical (unpaired) electrons. The van der Waals surface area contributed by atoms with Crippen LogP contribution in [0.25, 0.3) is 0 Å². The van der Waals surface area contributed by atoms with Crippen LogP contribution >= 0.6 is 8.58 Å². The van der Waals surface area contributed by atoms with Crippen LogP contribution in [0.2, 0.25) is 0 Å². The average molecular weight is 424 g/mol. The summed E-state index contributed by atoms with van der Waals surface area (Å²) in [5.74, 6) is 0.925. The second-order valence-electron chi connectivity index (χ2n) is 7.51. The molecule has 0 aliphatic heterocycles. The third-order valence-corrected chi connectivity index (χ3v) is 6.85. The summed E-state index contributed by atoms with van der Waals surface area (Å²) in [6.07, 6.45) is 1.76. The molecular formula is C28H25O2P. The van der Waals surface area contributed by atoms with Crippen LogP contribution < -0.4 is 15.3 Å². The summed E-state index contributed by atoms with van der Waals surface area (Å²) in [7, 11) is 0.348. The maximum Gasteiger partial charge on any atom is 0.150 e. The van der Waals surface area contributed by atoms with Gasteiger partial charge in [0.25, 0.3) is 0 Å². The van der Waals surface area contributed by atoms with Crippen LogP contribution in [0.15, 0.2) is 97.1 Å². The Morgan fingerprint density at radius 3 is 2.16 bits per heavy atom. The number of carbonyl (C=O) groups is 1. The maximum atomic E-state index is 11.6. The van der Waals surface area contributed by atoms with Crippen LogP contribution in [-0.2, 0) is 13.0 Å². The lowest BCUT2D eigenvalue weighted by Crippen LogP contribution is -2.15. The summed E-state index contributed by atoms with van der Waals surface area (Å²) in [5, 5.41) is 2.21. The Balaban J connectivity index is 1.71. The fourth-order valence-corrected chi connectivity index (χ4v) is 4.99. The van der Waals surface area contributed by atoms with Crippen molar-refractivity contribution in [3.63, 3.8) is 0 Å². The smallest absolute Gasteiger partial charge is 0.150 e. The minimum absolute atomic E-state index is 0.348. The number of benzene rings is 4. The third kappa shape index (κ3) is 5.29. The highest BCUT2D eigenvalue weighted by atomic mass is 31.1. The highest BCUT2D eigenvalue weighted by Gasteiger charge is 2.14. The summed E-state index contributed by atoms with van der Waals surface area (Å²) >= 11 is 0. The van der Waals surface area contributed by atoms with Crippen molar-refractivity contribution in [1.29, 1.82) is 0 Å². The molecule has 4 rings (SSSR count). The van der Waals surface area contributed by atoms with E-state index in [0.717, 1.165) is 51.3 Å². The molecule has 0 N–H and O–H groups in total. The van der Waals surface area contributed by atoms with Gasteiger partial charge in [0, 0.05) is 17.3 Å². The average Bonchev–Trinajstić information content (AvgIpc) is 2.81. The van der Waals surface area contributed by atoms with Gasteiger partial charge in [-0.2, -0.15) is 0 Å². The van der Waals surface area contributed by atoms with Crippen LogP contribution in [0, 0.1) is 6.92 Å². The zero-order chi connectivity index (χ0) is 21.5. The summed E-state index contributed by atoms with van der Waals surface area (Å²) in [6, 6.07) is 32.9. The number of aryl methyl sites for hydroxylation is 1. The van der Waals surface area contributed by atoms with Crippen molar-refractivity contribution in [1.82, 2.24) is 0 Å². The number of aldehydes is 1. The molecule has 0 saturated carbocycles. The van der Waals surface area contributed by atoms with Crippen molar-refractivity contribution < 1.29 is 9.53 Å². The number of rotatable bonds is 8. The van der Waals surface area contributed by atoms with E-state index in [9.17, 15) is 4.79 Å². The van der Waals surface area contributed by atoms with E-state index in [1.807, 2.05) is 36.4 Å². The largest absolute Gasteiger partial charge is 0.488 e. The van der Waals surface area contributed by atoms with Gasteiger partial charge in [-0.15, -0.1) is 0 Å². The van der Waals surface area contributed by atoms with E-state index < -0.39 is 0 Å². The molecule has 0 bridgehead atoms. The topological polar surface area (TPSA) is 26.3 Å². The van der Waals surface area contributed by atoms with E-state index in [4.69, 9.17) is 4.74 Å². The third-order valence-electron chi connectivity index (χ3n) is 5.25. The van der Waals surface area contributed by atoms with E-state index in [1.54, 1.807) is 0 Å². The van der Waals surface area contributed by atoms with Crippen molar-refractivity contribution in [3.8, 4) is 5.75 Å². The lowest BCUT2D eigenvalue weighted by Gasteiger charge is -2.18. The molecule has 2 nitrogen and oxygen atoms in total. The molecule has 1 unspecified atom stereocenters. The van der Waals surface area contributed by atoms with Crippen molar-refractivity contribution in [2.24, 2.45) is 0 Å². The molecule has 0 heterocycles. The van der Waals surface area contributed by atoms with Crippen molar-refractivity contribution in [2.75, 3.05) is 0 Å². The van der Waals surface area contributed by atoms with E-state index >= 15 is 0 Å². The van der Waals surface area contributed by atoms with Gasteiger partial charge in [0.2, 0.25) is 0 Å². The number of carbonyl (C=O) groups excluding carboxylic acids is 1. The molecule has 0 aliphatic rings. The Labute approximate surface area is 185 Å². The van der Waals surface area contributed by atoms with Gasteiger partial charge in [-0.05, 0) is 34.5 Å². The Morgan fingerprint density at radius 1 is 0.774 bits per heavy atom. The van der Waals surface area contributed by atoms with Crippen LogP contribution in [0.1, 0.15) is 32.6 Å². The molecule has 3 heteroatoms. The van der Waals surface area contributed by atoms with Gasteiger partial charge < -0.3 is 4.74 Å². The molecule has 4 aromatic rings. The lowest BCUT2D eigenvalue weighted by molar-refractivity contribution is 0.112. The maximum absolute atomic E-state index is 11.6. The Hall–Kier alpha value is -3.22. The Morgan fingerprint density at radius 2 is 1.45 bits per heavy atom. The van der Waals surface area contributed by atoms with E-state index in [2.05, 4.69) is 67.6 Å². The molecule has 0 saturated heterocycles. The normalized spacial score (nSPS) is 11.0. The first-order chi connectivity index (χ1) is 15.2. The molecular weight excluding hydrogens is 399 g/mol. The minimum Gasteiger partial charge on any atom is -0.488 e. The predicted molar refractivity (Wildman–Crippen MR) is 131 cm³/mol. The van der Waals surface area contributed by atoms with Gasteiger partial charge in [-0.3, -0.25) is 4.79 Å². The van der Waals surface area contributed by atoms with Crippen molar-refractivity contribution in [3.05, 3.63) is 125 Å². The molecule has 0 spiro atoms. The van der Waals surface area contributed by atoms with E-state index in [0.29, 0.717) is 15.2 Å².